The first-order valence-electron chi connectivity index (χ1n) is 4.30. The fourth-order valence-electron chi connectivity index (χ4n) is 1.88. The predicted molar refractivity (Wildman–Crippen MR) is 47.8 cm³/mol. The van der Waals surface area contributed by atoms with Crippen molar-refractivity contribution in [2.45, 2.75) is 32.7 Å². The lowest BCUT2D eigenvalue weighted by atomic mass is 10.1. The summed E-state index contributed by atoms with van der Waals surface area (Å²) in [6.45, 7) is 6.43. The van der Waals surface area contributed by atoms with Crippen LogP contribution in [0.2, 0.25) is 0 Å². The number of nitrogens with two attached hydrogens (primary N) is 1. The molecule has 0 aromatic carbocycles. The third-order valence-corrected chi connectivity index (χ3v) is 3.07. The van der Waals surface area contributed by atoms with E-state index in [1.54, 1.807) is 6.33 Å². The van der Waals surface area contributed by atoms with E-state index in [4.69, 9.17) is 5.73 Å². The van der Waals surface area contributed by atoms with E-state index in [-0.39, 0.29) is 11.5 Å². The van der Waals surface area contributed by atoms with Crippen LogP contribution in [0.1, 0.15) is 31.2 Å². The molecular formula is C9H15N3. The molecule has 1 fully saturated rings. The van der Waals surface area contributed by atoms with Crippen molar-refractivity contribution < 1.29 is 0 Å². The van der Waals surface area contributed by atoms with E-state index in [1.807, 2.05) is 6.92 Å². The largest absolute Gasteiger partial charge is 0.348 e. The van der Waals surface area contributed by atoms with Gasteiger partial charge in [0.05, 0.1) is 12.0 Å². The standard InChI is InChI=1S/C9H15N3/c1-5-7(12-4-11-5)6-8(10)9(6,2)3/h4,6,8H,10H2,1-3H3,(H,11,12)/t6-,8-/m0/s1. The third kappa shape index (κ3) is 0.829. The summed E-state index contributed by atoms with van der Waals surface area (Å²) >= 11 is 0. The average molecular weight is 165 g/mol. The van der Waals surface area contributed by atoms with Crippen molar-refractivity contribution in [3.8, 4) is 0 Å². The predicted octanol–water partition coefficient (Wildman–Crippen LogP) is 1.17. The Morgan fingerprint density at radius 3 is 2.50 bits per heavy atom. The minimum Gasteiger partial charge on any atom is -0.348 e. The maximum Gasteiger partial charge on any atom is 0.0925 e. The molecule has 2 rings (SSSR count). The van der Waals surface area contributed by atoms with E-state index in [1.165, 1.54) is 0 Å². The van der Waals surface area contributed by atoms with E-state index in [2.05, 4.69) is 23.8 Å². The molecule has 0 radical (unpaired) electrons. The number of aromatic nitrogens is 2. The quantitative estimate of drug-likeness (QED) is 0.656. The highest BCUT2D eigenvalue weighted by Gasteiger charge is 2.57. The van der Waals surface area contributed by atoms with Crippen LogP contribution < -0.4 is 5.73 Å². The fourth-order valence-corrected chi connectivity index (χ4v) is 1.88. The third-order valence-electron chi connectivity index (χ3n) is 3.07. The number of nitrogens with one attached hydrogen (secondary N) is 1. The van der Waals surface area contributed by atoms with E-state index < -0.39 is 0 Å². The van der Waals surface area contributed by atoms with Gasteiger partial charge in [0.1, 0.15) is 0 Å². The molecule has 3 heteroatoms. The number of hydrogen-bond donors (Lipinski definition) is 2. The van der Waals surface area contributed by atoms with Crippen LogP contribution in [-0.2, 0) is 0 Å². The van der Waals surface area contributed by atoms with Gasteiger partial charge in [0, 0.05) is 17.7 Å². The Bertz CT molecular complexity index is 300. The van der Waals surface area contributed by atoms with Gasteiger partial charge < -0.3 is 10.7 Å². The van der Waals surface area contributed by atoms with Crippen molar-refractivity contribution >= 4 is 0 Å². The summed E-state index contributed by atoms with van der Waals surface area (Å²) in [4.78, 5) is 7.37. The average Bonchev–Trinajstić information content (AvgIpc) is 2.39. The van der Waals surface area contributed by atoms with Gasteiger partial charge in [0.25, 0.3) is 0 Å². The molecule has 0 spiro atoms. The summed E-state index contributed by atoms with van der Waals surface area (Å²) in [7, 11) is 0. The van der Waals surface area contributed by atoms with Crippen molar-refractivity contribution in [1.29, 1.82) is 0 Å². The number of nitrogens with zero attached hydrogens (tertiary/aromatic N) is 1. The Labute approximate surface area is 72.4 Å². The maximum atomic E-state index is 5.95. The van der Waals surface area contributed by atoms with Crippen LogP contribution in [-0.4, -0.2) is 16.0 Å². The molecule has 3 N–H and O–H groups in total. The molecule has 2 atom stereocenters. The van der Waals surface area contributed by atoms with Gasteiger partial charge in [0.15, 0.2) is 0 Å². The molecule has 0 amide bonds. The number of rotatable bonds is 1. The molecular weight excluding hydrogens is 150 g/mol. The first kappa shape index (κ1) is 7.80. The first-order chi connectivity index (χ1) is 5.55. The molecule has 0 unspecified atom stereocenters. The van der Waals surface area contributed by atoms with Gasteiger partial charge in [-0.05, 0) is 12.3 Å². The van der Waals surface area contributed by atoms with E-state index in [0.29, 0.717) is 5.92 Å². The van der Waals surface area contributed by atoms with E-state index in [9.17, 15) is 0 Å². The van der Waals surface area contributed by atoms with Crippen molar-refractivity contribution in [3.63, 3.8) is 0 Å². The Morgan fingerprint density at radius 2 is 2.17 bits per heavy atom. The van der Waals surface area contributed by atoms with Crippen molar-refractivity contribution in [1.82, 2.24) is 9.97 Å². The zero-order valence-electron chi connectivity index (χ0n) is 7.76. The molecule has 12 heavy (non-hydrogen) atoms. The van der Waals surface area contributed by atoms with Crippen LogP contribution in [0.4, 0.5) is 0 Å². The van der Waals surface area contributed by atoms with E-state index in [0.717, 1.165) is 11.4 Å². The van der Waals surface area contributed by atoms with Crippen LogP contribution in [0.25, 0.3) is 0 Å². The number of aromatic amines is 1. The van der Waals surface area contributed by atoms with Crippen molar-refractivity contribution in [2.24, 2.45) is 11.1 Å². The summed E-state index contributed by atoms with van der Waals surface area (Å²) in [5.74, 6) is 0.448. The number of H-pyrrole nitrogens is 1. The lowest BCUT2D eigenvalue weighted by Crippen LogP contribution is -2.06. The fraction of sp³-hybridized carbons (Fsp3) is 0.667. The summed E-state index contributed by atoms with van der Waals surface area (Å²) < 4.78 is 0. The normalized spacial score (nSPS) is 32.0. The highest BCUT2D eigenvalue weighted by Crippen LogP contribution is 2.57. The Morgan fingerprint density at radius 1 is 1.58 bits per heavy atom. The number of aryl methyl sites for hydroxylation is 1. The van der Waals surface area contributed by atoms with Crippen LogP contribution in [0.3, 0.4) is 0 Å². The van der Waals surface area contributed by atoms with Gasteiger partial charge in [-0.15, -0.1) is 0 Å². The van der Waals surface area contributed by atoms with Gasteiger partial charge in [-0.2, -0.15) is 0 Å². The summed E-state index contributed by atoms with van der Waals surface area (Å²) in [5.41, 5.74) is 8.49. The lowest BCUT2D eigenvalue weighted by molar-refractivity contribution is 0.595. The topological polar surface area (TPSA) is 54.7 Å². The molecule has 1 heterocycles. The molecule has 0 bridgehead atoms. The number of hydrogen-bond acceptors (Lipinski definition) is 2. The van der Waals surface area contributed by atoms with Crippen LogP contribution in [0, 0.1) is 12.3 Å². The zero-order valence-corrected chi connectivity index (χ0v) is 7.76. The summed E-state index contributed by atoms with van der Waals surface area (Å²) in [6.07, 6.45) is 1.74. The van der Waals surface area contributed by atoms with Gasteiger partial charge in [-0.25, -0.2) is 4.98 Å². The van der Waals surface area contributed by atoms with Crippen molar-refractivity contribution in [2.75, 3.05) is 0 Å². The molecule has 1 aromatic rings. The van der Waals surface area contributed by atoms with Gasteiger partial charge in [-0.1, -0.05) is 13.8 Å². The Hall–Kier alpha value is -0.830. The monoisotopic (exact) mass is 165 g/mol. The van der Waals surface area contributed by atoms with Crippen LogP contribution in [0.15, 0.2) is 6.33 Å². The van der Waals surface area contributed by atoms with Crippen LogP contribution >= 0.6 is 0 Å². The van der Waals surface area contributed by atoms with Crippen LogP contribution in [0.5, 0.6) is 0 Å². The maximum absolute atomic E-state index is 5.95. The lowest BCUT2D eigenvalue weighted by Gasteiger charge is -1.99. The molecule has 3 nitrogen and oxygen atoms in total. The molecule has 66 valence electrons. The summed E-state index contributed by atoms with van der Waals surface area (Å²) in [5, 5.41) is 0. The molecule has 0 aliphatic heterocycles. The number of imidazole rings is 1. The first-order valence-corrected chi connectivity index (χ1v) is 4.30. The Balaban J connectivity index is 2.30. The molecule has 1 aliphatic carbocycles. The van der Waals surface area contributed by atoms with Gasteiger partial charge >= 0.3 is 0 Å². The second-order valence-electron chi connectivity index (χ2n) is 4.24. The molecule has 0 saturated heterocycles. The Kier molecular flexibility index (Phi) is 1.37. The molecule has 1 aromatic heterocycles. The second kappa shape index (κ2) is 2.10. The van der Waals surface area contributed by atoms with Gasteiger partial charge in [0.2, 0.25) is 0 Å². The smallest absolute Gasteiger partial charge is 0.0925 e. The molecule has 1 aliphatic rings. The second-order valence-corrected chi connectivity index (χ2v) is 4.24. The summed E-state index contributed by atoms with van der Waals surface area (Å²) in [6, 6.07) is 0.277. The zero-order chi connectivity index (χ0) is 8.93. The van der Waals surface area contributed by atoms with E-state index >= 15 is 0 Å². The van der Waals surface area contributed by atoms with Gasteiger partial charge in [-0.3, -0.25) is 0 Å². The SMILES string of the molecule is Cc1[nH]cnc1[C@H]1[C@H](N)C1(C)C. The minimum atomic E-state index is 0.236. The minimum absolute atomic E-state index is 0.236. The highest BCUT2D eigenvalue weighted by molar-refractivity contribution is 5.31. The molecule has 1 saturated carbocycles. The van der Waals surface area contributed by atoms with Crippen molar-refractivity contribution in [3.05, 3.63) is 17.7 Å². The highest BCUT2D eigenvalue weighted by atomic mass is 14.9.